The molecule has 0 saturated carbocycles. The van der Waals surface area contributed by atoms with Crippen LogP contribution in [0.15, 0.2) is 12.1 Å². The van der Waals surface area contributed by atoms with Crippen molar-refractivity contribution in [3.63, 3.8) is 0 Å². The van der Waals surface area contributed by atoms with Gasteiger partial charge in [-0.15, -0.1) is 0 Å². The van der Waals surface area contributed by atoms with Crippen molar-refractivity contribution in [2.75, 3.05) is 20.3 Å². The van der Waals surface area contributed by atoms with Crippen molar-refractivity contribution in [3.05, 3.63) is 23.3 Å². The summed E-state index contributed by atoms with van der Waals surface area (Å²) in [5.41, 5.74) is 0.621. The number of cyclic esters (lactones) is 1. The Labute approximate surface area is 187 Å². The molecule has 13 nitrogen and oxygen atoms in total. The lowest BCUT2D eigenvalue weighted by Crippen LogP contribution is -2.61. The highest BCUT2D eigenvalue weighted by molar-refractivity contribution is 5.96. The van der Waals surface area contributed by atoms with Crippen LogP contribution in [0.4, 0.5) is 0 Å². The van der Waals surface area contributed by atoms with Gasteiger partial charge in [-0.3, -0.25) is 0 Å². The lowest BCUT2D eigenvalue weighted by molar-refractivity contribution is -0.307. The van der Waals surface area contributed by atoms with E-state index in [1.807, 2.05) is 0 Å². The number of hydrogen-bond donors (Lipinski definition) is 6. The van der Waals surface area contributed by atoms with Gasteiger partial charge in [-0.25, -0.2) is 4.79 Å². The first kappa shape index (κ1) is 24.1. The van der Waals surface area contributed by atoms with Crippen LogP contribution in [0, 0.1) is 0 Å². The smallest absolute Gasteiger partial charge is 0.342 e. The molecule has 3 heterocycles. The highest BCUT2D eigenvalue weighted by atomic mass is 16.7. The second kappa shape index (κ2) is 9.66. The molecule has 0 bridgehead atoms. The number of benzene rings is 1. The third kappa shape index (κ3) is 4.64. The Kier molecular flexibility index (Phi) is 7.04. The molecule has 1 aromatic rings. The van der Waals surface area contributed by atoms with Crippen LogP contribution in [0.5, 0.6) is 11.5 Å². The number of carbonyl (C=O) groups is 1. The van der Waals surface area contributed by atoms with E-state index in [4.69, 9.17) is 28.4 Å². The van der Waals surface area contributed by atoms with Gasteiger partial charge >= 0.3 is 5.97 Å². The first-order valence-electron chi connectivity index (χ1n) is 10.2. The van der Waals surface area contributed by atoms with Crippen molar-refractivity contribution < 1.29 is 63.9 Å². The second-order valence-electron chi connectivity index (χ2n) is 7.95. The molecule has 2 fully saturated rings. The topological polar surface area (TPSA) is 194 Å². The number of ether oxygens (including phenoxy) is 6. The van der Waals surface area contributed by atoms with Gasteiger partial charge in [0.2, 0.25) is 6.29 Å². The monoisotopic (exact) mass is 474 g/mol. The van der Waals surface area contributed by atoms with Crippen molar-refractivity contribution in [1.29, 1.82) is 0 Å². The van der Waals surface area contributed by atoms with Gasteiger partial charge < -0.3 is 59.1 Å². The van der Waals surface area contributed by atoms with E-state index in [1.165, 1.54) is 13.2 Å². The molecule has 0 aromatic heterocycles. The van der Waals surface area contributed by atoms with E-state index in [0.717, 1.165) is 0 Å². The summed E-state index contributed by atoms with van der Waals surface area (Å²) in [5, 5.41) is 60.2. The fourth-order valence-electron chi connectivity index (χ4n) is 3.81. The molecule has 3 aliphatic rings. The first-order valence-corrected chi connectivity index (χ1v) is 10.2. The van der Waals surface area contributed by atoms with E-state index < -0.39 is 67.9 Å². The van der Waals surface area contributed by atoms with Crippen LogP contribution < -0.4 is 9.47 Å². The molecule has 9 atom stereocenters. The van der Waals surface area contributed by atoms with E-state index in [1.54, 1.807) is 6.07 Å². The van der Waals surface area contributed by atoms with E-state index in [-0.39, 0.29) is 24.5 Å². The molecular weight excluding hydrogens is 448 g/mol. The molecule has 0 radical (unpaired) electrons. The SMILES string of the molecule is COc1cc2c(c(OC3OC(COC4OCC(O)C(O)C4O)C(O)C(O)C3O)c1)C(=O)OC2. The van der Waals surface area contributed by atoms with E-state index in [2.05, 4.69) is 0 Å². The normalized spacial score (nSPS) is 38.5. The van der Waals surface area contributed by atoms with Crippen LogP contribution in [0.25, 0.3) is 0 Å². The predicted octanol–water partition coefficient (Wildman–Crippen LogP) is -2.99. The number of aliphatic hydroxyl groups excluding tert-OH is 6. The average molecular weight is 474 g/mol. The predicted molar refractivity (Wildman–Crippen MR) is 103 cm³/mol. The van der Waals surface area contributed by atoms with Gasteiger partial charge in [-0.05, 0) is 6.07 Å². The number of hydrogen-bond acceptors (Lipinski definition) is 13. The standard InChI is InChI=1S/C20H26O13/c1-28-8-2-7-4-29-18(27)12(7)10(3-8)32-20-17(26)15(24)14(23)11(33-20)6-31-19-16(25)13(22)9(21)5-30-19/h2-3,9,11,13-17,19-26H,4-6H2,1H3. The van der Waals surface area contributed by atoms with Gasteiger partial charge in [-0.1, -0.05) is 0 Å². The van der Waals surface area contributed by atoms with Crippen molar-refractivity contribution in [2.45, 2.75) is 61.9 Å². The van der Waals surface area contributed by atoms with Gasteiger partial charge in [0.1, 0.15) is 66.4 Å². The highest BCUT2D eigenvalue weighted by Gasteiger charge is 2.47. The highest BCUT2D eigenvalue weighted by Crippen LogP contribution is 2.36. The summed E-state index contributed by atoms with van der Waals surface area (Å²) in [6.45, 7) is -0.716. The maximum Gasteiger partial charge on any atom is 0.342 e. The lowest BCUT2D eigenvalue weighted by Gasteiger charge is -2.41. The second-order valence-corrected chi connectivity index (χ2v) is 7.95. The van der Waals surface area contributed by atoms with E-state index in [0.29, 0.717) is 11.3 Å². The zero-order chi connectivity index (χ0) is 23.9. The fourth-order valence-corrected chi connectivity index (χ4v) is 3.81. The Morgan fingerprint density at radius 1 is 0.970 bits per heavy atom. The van der Waals surface area contributed by atoms with E-state index >= 15 is 0 Å². The minimum absolute atomic E-state index is 0.0118. The molecule has 6 N–H and O–H groups in total. The fraction of sp³-hybridized carbons (Fsp3) is 0.650. The summed E-state index contributed by atoms with van der Waals surface area (Å²) in [7, 11) is 1.42. The quantitative estimate of drug-likeness (QED) is 0.229. The molecule has 3 aliphatic heterocycles. The number of fused-ring (bicyclic) bond motifs is 1. The molecule has 0 spiro atoms. The Morgan fingerprint density at radius 3 is 2.42 bits per heavy atom. The van der Waals surface area contributed by atoms with Crippen molar-refractivity contribution >= 4 is 5.97 Å². The molecule has 184 valence electrons. The zero-order valence-corrected chi connectivity index (χ0v) is 17.5. The summed E-state index contributed by atoms with van der Waals surface area (Å²) in [6, 6.07) is 2.99. The Morgan fingerprint density at radius 2 is 1.70 bits per heavy atom. The van der Waals surface area contributed by atoms with Crippen LogP contribution in [0.3, 0.4) is 0 Å². The zero-order valence-electron chi connectivity index (χ0n) is 17.5. The summed E-state index contributed by atoms with van der Waals surface area (Å²) in [6.07, 6.45) is -13.5. The molecule has 13 heteroatoms. The Bertz CT molecular complexity index is 863. The summed E-state index contributed by atoms with van der Waals surface area (Å²) >= 11 is 0. The third-order valence-corrected chi connectivity index (χ3v) is 5.75. The van der Waals surface area contributed by atoms with Crippen molar-refractivity contribution in [1.82, 2.24) is 0 Å². The summed E-state index contributed by atoms with van der Waals surface area (Å²) < 4.78 is 31.9. The van der Waals surface area contributed by atoms with Gasteiger partial charge in [-0.2, -0.15) is 0 Å². The molecule has 2 saturated heterocycles. The number of methoxy groups -OCH3 is 1. The van der Waals surface area contributed by atoms with Gasteiger partial charge in [0.15, 0.2) is 6.29 Å². The molecule has 33 heavy (non-hydrogen) atoms. The van der Waals surface area contributed by atoms with Gasteiger partial charge in [0.05, 0.1) is 20.3 Å². The average Bonchev–Trinajstić information content (AvgIpc) is 3.18. The molecule has 1 aromatic carbocycles. The van der Waals surface area contributed by atoms with Crippen LogP contribution in [0.1, 0.15) is 15.9 Å². The third-order valence-electron chi connectivity index (χ3n) is 5.75. The molecule has 4 rings (SSSR count). The minimum atomic E-state index is -1.70. The van der Waals surface area contributed by atoms with Crippen molar-refractivity contribution in [3.8, 4) is 11.5 Å². The first-order chi connectivity index (χ1) is 15.7. The van der Waals surface area contributed by atoms with Gasteiger partial charge in [0, 0.05) is 11.6 Å². The number of esters is 1. The largest absolute Gasteiger partial charge is 0.497 e. The van der Waals surface area contributed by atoms with Crippen molar-refractivity contribution in [2.24, 2.45) is 0 Å². The van der Waals surface area contributed by atoms with Crippen LogP contribution in [-0.4, -0.2) is 112 Å². The maximum atomic E-state index is 12.1. The molecular formula is C20H26O13. The Hall–Kier alpha value is -2.07. The van der Waals surface area contributed by atoms with Crippen LogP contribution in [0.2, 0.25) is 0 Å². The van der Waals surface area contributed by atoms with Crippen LogP contribution >= 0.6 is 0 Å². The number of rotatable bonds is 6. The molecule has 0 aliphatic carbocycles. The molecule has 9 unspecified atom stereocenters. The number of aliphatic hydroxyl groups is 6. The van der Waals surface area contributed by atoms with Gasteiger partial charge in [0.25, 0.3) is 0 Å². The minimum Gasteiger partial charge on any atom is -0.497 e. The van der Waals surface area contributed by atoms with E-state index in [9.17, 15) is 35.4 Å². The summed E-state index contributed by atoms with van der Waals surface area (Å²) in [5.74, 6) is -0.295. The summed E-state index contributed by atoms with van der Waals surface area (Å²) in [4.78, 5) is 12.1. The molecule has 0 amide bonds. The van der Waals surface area contributed by atoms with Crippen LogP contribution in [-0.2, 0) is 25.6 Å². The Balaban J connectivity index is 1.48. The maximum absolute atomic E-state index is 12.1. The lowest BCUT2D eigenvalue weighted by atomic mass is 9.99. The number of carbonyl (C=O) groups excluding carboxylic acids is 1.